The SMILES string of the molecule is CC(C)=CCC/C(C)=C/CC/C(C)=C/[C@@H]1[C@@H](CO)[C@]1(C)CC/C=C(\C)CCC=C(C)C. The molecule has 1 N–H and O–H groups in total. The van der Waals surface area contributed by atoms with Gasteiger partial charge in [-0.15, -0.1) is 0 Å². The minimum Gasteiger partial charge on any atom is -0.396 e. The standard InChI is InChI=1S/C30H50O/c1-23(2)13-9-15-25(5)17-11-18-27(7)21-28-29(22-31)30(28,8)20-12-19-26(6)16-10-14-24(3)4/h13-14,17,19,21,28-29,31H,9-12,15-16,18,20,22H2,1-8H3/b25-17+,26-19+,27-21+/t28-,29-,30-/m1/s1. The van der Waals surface area contributed by atoms with Gasteiger partial charge in [-0.1, -0.05) is 65.2 Å². The summed E-state index contributed by atoms with van der Waals surface area (Å²) in [5, 5.41) is 9.91. The molecule has 0 aromatic heterocycles. The lowest BCUT2D eigenvalue weighted by Gasteiger charge is -2.10. The maximum absolute atomic E-state index is 9.91. The first-order valence-electron chi connectivity index (χ1n) is 12.5. The van der Waals surface area contributed by atoms with Crippen LogP contribution in [0.1, 0.15) is 107 Å². The van der Waals surface area contributed by atoms with E-state index in [1.165, 1.54) is 40.7 Å². The zero-order valence-corrected chi connectivity index (χ0v) is 21.9. The van der Waals surface area contributed by atoms with Crippen LogP contribution in [0.5, 0.6) is 0 Å². The first kappa shape index (κ1) is 27.7. The summed E-state index contributed by atoms with van der Waals surface area (Å²) in [6.45, 7) is 18.2. The van der Waals surface area contributed by atoms with Crippen LogP contribution in [0.4, 0.5) is 0 Å². The van der Waals surface area contributed by atoms with Crippen LogP contribution in [0.3, 0.4) is 0 Å². The molecular weight excluding hydrogens is 376 g/mol. The molecule has 1 saturated carbocycles. The molecule has 1 fully saturated rings. The summed E-state index contributed by atoms with van der Waals surface area (Å²) in [6, 6.07) is 0. The van der Waals surface area contributed by atoms with Crippen molar-refractivity contribution in [2.45, 2.75) is 107 Å². The first-order valence-corrected chi connectivity index (χ1v) is 12.5. The van der Waals surface area contributed by atoms with Crippen LogP contribution < -0.4 is 0 Å². The molecule has 0 bridgehead atoms. The molecule has 1 nitrogen and oxygen atoms in total. The molecule has 0 aromatic rings. The minimum atomic E-state index is 0.267. The van der Waals surface area contributed by atoms with Crippen molar-refractivity contribution in [2.24, 2.45) is 17.3 Å². The molecule has 31 heavy (non-hydrogen) atoms. The van der Waals surface area contributed by atoms with Crippen LogP contribution in [0.15, 0.2) is 58.2 Å². The summed E-state index contributed by atoms with van der Waals surface area (Å²) in [6.07, 6.45) is 21.2. The van der Waals surface area contributed by atoms with Gasteiger partial charge in [0.1, 0.15) is 0 Å². The van der Waals surface area contributed by atoms with Crippen LogP contribution in [-0.4, -0.2) is 11.7 Å². The lowest BCUT2D eigenvalue weighted by Crippen LogP contribution is -2.01. The molecule has 0 aliphatic heterocycles. The molecule has 0 spiro atoms. The summed E-state index contributed by atoms with van der Waals surface area (Å²) in [5.74, 6) is 0.975. The Morgan fingerprint density at radius 1 is 0.677 bits per heavy atom. The van der Waals surface area contributed by atoms with Gasteiger partial charge in [0.2, 0.25) is 0 Å². The summed E-state index contributed by atoms with van der Waals surface area (Å²) < 4.78 is 0. The summed E-state index contributed by atoms with van der Waals surface area (Å²) >= 11 is 0. The third-order valence-corrected chi connectivity index (χ3v) is 6.98. The molecule has 1 aliphatic carbocycles. The topological polar surface area (TPSA) is 20.2 Å². The fourth-order valence-corrected chi connectivity index (χ4v) is 4.63. The van der Waals surface area contributed by atoms with E-state index in [0.717, 1.165) is 38.5 Å². The molecule has 1 aliphatic rings. The van der Waals surface area contributed by atoms with Gasteiger partial charge in [0.25, 0.3) is 0 Å². The Kier molecular flexibility index (Phi) is 12.5. The Balaban J connectivity index is 2.49. The molecule has 3 atom stereocenters. The number of allylic oxidation sites excluding steroid dienone is 10. The molecule has 0 aromatic carbocycles. The van der Waals surface area contributed by atoms with E-state index < -0.39 is 0 Å². The molecule has 176 valence electrons. The van der Waals surface area contributed by atoms with Crippen molar-refractivity contribution >= 4 is 0 Å². The van der Waals surface area contributed by atoms with Crippen LogP contribution in [0.2, 0.25) is 0 Å². The largest absolute Gasteiger partial charge is 0.396 e. The fraction of sp³-hybridized carbons (Fsp3) is 0.667. The predicted molar refractivity (Wildman–Crippen MR) is 139 cm³/mol. The molecule has 0 saturated heterocycles. The van der Waals surface area contributed by atoms with Crippen LogP contribution in [0.25, 0.3) is 0 Å². The van der Waals surface area contributed by atoms with Gasteiger partial charge >= 0.3 is 0 Å². The number of rotatable bonds is 14. The summed E-state index contributed by atoms with van der Waals surface area (Å²) in [7, 11) is 0. The lowest BCUT2D eigenvalue weighted by molar-refractivity contribution is 0.249. The smallest absolute Gasteiger partial charge is 0.0470 e. The third kappa shape index (κ3) is 10.7. The second kappa shape index (κ2) is 13.9. The average molecular weight is 427 g/mol. The van der Waals surface area contributed by atoms with Crippen molar-refractivity contribution in [3.05, 3.63) is 58.2 Å². The summed E-state index contributed by atoms with van der Waals surface area (Å²) in [4.78, 5) is 0. The number of hydrogen-bond acceptors (Lipinski definition) is 1. The maximum Gasteiger partial charge on any atom is 0.0470 e. The van der Waals surface area contributed by atoms with Gasteiger partial charge in [0.15, 0.2) is 0 Å². The maximum atomic E-state index is 9.91. The average Bonchev–Trinajstić information content (AvgIpc) is 3.22. The lowest BCUT2D eigenvalue weighted by atomic mass is 9.95. The van der Waals surface area contributed by atoms with E-state index in [9.17, 15) is 5.11 Å². The molecule has 0 radical (unpaired) electrons. The molecule has 0 heterocycles. The van der Waals surface area contributed by atoms with Crippen LogP contribution in [0, 0.1) is 17.3 Å². The van der Waals surface area contributed by atoms with Gasteiger partial charge in [0.05, 0.1) is 0 Å². The second-order valence-electron chi connectivity index (χ2n) is 10.7. The number of aliphatic hydroxyl groups is 1. The molecular formula is C30H50O. The molecule has 0 unspecified atom stereocenters. The zero-order valence-electron chi connectivity index (χ0n) is 21.9. The van der Waals surface area contributed by atoms with Gasteiger partial charge in [-0.25, -0.2) is 0 Å². The highest BCUT2D eigenvalue weighted by Crippen LogP contribution is 2.62. The quantitative estimate of drug-likeness (QED) is 0.274. The van der Waals surface area contributed by atoms with Crippen molar-refractivity contribution in [3.63, 3.8) is 0 Å². The summed E-state index contributed by atoms with van der Waals surface area (Å²) in [5.41, 5.74) is 7.56. The van der Waals surface area contributed by atoms with Gasteiger partial charge in [0, 0.05) is 6.61 Å². The van der Waals surface area contributed by atoms with E-state index in [-0.39, 0.29) is 5.41 Å². The zero-order chi connectivity index (χ0) is 23.4. The van der Waals surface area contributed by atoms with E-state index in [0.29, 0.717) is 18.4 Å². The number of hydrogen-bond donors (Lipinski definition) is 1. The monoisotopic (exact) mass is 426 g/mol. The van der Waals surface area contributed by atoms with Crippen molar-refractivity contribution < 1.29 is 5.11 Å². The van der Waals surface area contributed by atoms with Crippen LogP contribution in [-0.2, 0) is 0 Å². The normalized spacial score (nSPS) is 24.2. The fourth-order valence-electron chi connectivity index (χ4n) is 4.63. The van der Waals surface area contributed by atoms with Crippen molar-refractivity contribution in [1.29, 1.82) is 0 Å². The van der Waals surface area contributed by atoms with Gasteiger partial charge in [-0.3, -0.25) is 0 Å². The Morgan fingerprint density at radius 2 is 1.13 bits per heavy atom. The second-order valence-corrected chi connectivity index (χ2v) is 10.7. The van der Waals surface area contributed by atoms with E-state index >= 15 is 0 Å². The van der Waals surface area contributed by atoms with E-state index in [2.05, 4.69) is 85.8 Å². The van der Waals surface area contributed by atoms with Crippen LogP contribution >= 0.6 is 0 Å². The Hall–Kier alpha value is -1.34. The van der Waals surface area contributed by atoms with E-state index in [4.69, 9.17) is 0 Å². The van der Waals surface area contributed by atoms with E-state index in [1.54, 1.807) is 0 Å². The van der Waals surface area contributed by atoms with Crippen molar-refractivity contribution in [2.75, 3.05) is 6.61 Å². The third-order valence-electron chi connectivity index (χ3n) is 6.98. The Morgan fingerprint density at radius 3 is 1.61 bits per heavy atom. The molecule has 0 amide bonds. The van der Waals surface area contributed by atoms with Gasteiger partial charge in [-0.05, 0) is 117 Å². The Bertz CT molecular complexity index is 692. The van der Waals surface area contributed by atoms with Crippen molar-refractivity contribution in [1.82, 2.24) is 0 Å². The molecule has 1 rings (SSSR count). The van der Waals surface area contributed by atoms with Crippen molar-refractivity contribution in [3.8, 4) is 0 Å². The highest BCUT2D eigenvalue weighted by atomic mass is 16.3. The number of aliphatic hydroxyl groups excluding tert-OH is 1. The first-order chi connectivity index (χ1) is 14.6. The van der Waals surface area contributed by atoms with E-state index in [1.807, 2.05) is 0 Å². The highest BCUT2D eigenvalue weighted by molar-refractivity contribution is 5.20. The Labute approximate surface area is 194 Å². The highest BCUT2D eigenvalue weighted by Gasteiger charge is 2.58. The van der Waals surface area contributed by atoms with Gasteiger partial charge < -0.3 is 5.11 Å². The molecule has 1 heteroatoms. The van der Waals surface area contributed by atoms with Gasteiger partial charge in [-0.2, -0.15) is 0 Å². The predicted octanol–water partition coefficient (Wildman–Crippen LogP) is 9.12. The minimum absolute atomic E-state index is 0.267.